The van der Waals surface area contributed by atoms with Gasteiger partial charge in [-0.3, -0.25) is 4.79 Å². The fourth-order valence-corrected chi connectivity index (χ4v) is 3.26. The van der Waals surface area contributed by atoms with E-state index in [1.165, 1.54) is 6.92 Å². The Morgan fingerprint density at radius 1 is 0.714 bits per heavy atom. The van der Waals surface area contributed by atoms with Crippen molar-refractivity contribution in [1.29, 1.82) is 0 Å². The van der Waals surface area contributed by atoms with Gasteiger partial charge in [0.2, 0.25) is 0 Å². The summed E-state index contributed by atoms with van der Waals surface area (Å²) in [7, 11) is 1.61. The molecule has 0 amide bonds. The third kappa shape index (κ3) is 3.21. The van der Waals surface area contributed by atoms with E-state index in [-0.39, 0.29) is 5.78 Å². The number of hydrogen-bond donors (Lipinski definition) is 0. The Labute approximate surface area is 162 Å². The van der Waals surface area contributed by atoms with Crippen molar-refractivity contribution in [3.63, 3.8) is 0 Å². The zero-order chi connectivity index (χ0) is 19.7. The number of hydrogen-bond acceptors (Lipinski definition) is 4. The van der Waals surface area contributed by atoms with Gasteiger partial charge in [0, 0.05) is 16.3 Å². The lowest BCUT2D eigenvalue weighted by atomic mass is 10.0. The molecule has 138 valence electrons. The largest absolute Gasteiger partial charge is 0.496 e. The van der Waals surface area contributed by atoms with Crippen LogP contribution < -0.4 is 9.47 Å². The van der Waals surface area contributed by atoms with Crippen molar-refractivity contribution in [2.75, 3.05) is 7.11 Å². The molecule has 0 spiro atoms. The van der Waals surface area contributed by atoms with Crippen LogP contribution in [0.4, 0.5) is 0 Å². The van der Waals surface area contributed by atoms with Crippen LogP contribution in [0.15, 0.2) is 72.8 Å². The predicted molar refractivity (Wildman–Crippen MR) is 109 cm³/mol. The maximum atomic E-state index is 12.7. The standard InChI is InChI=1S/C24H18O4/c1-15(25)16-7-8-18-14-19(10-9-17(18)13-16)24(26)28-23-12-11-22(27-2)20-5-3-4-6-21(20)23/h3-14H,1-2H3. The van der Waals surface area contributed by atoms with E-state index in [4.69, 9.17) is 9.47 Å². The zero-order valence-corrected chi connectivity index (χ0v) is 15.6. The number of benzene rings is 4. The first kappa shape index (κ1) is 17.7. The molecule has 4 rings (SSSR count). The van der Waals surface area contributed by atoms with Crippen molar-refractivity contribution in [1.82, 2.24) is 0 Å². The highest BCUT2D eigenvalue weighted by Gasteiger charge is 2.13. The Morgan fingerprint density at radius 2 is 1.29 bits per heavy atom. The van der Waals surface area contributed by atoms with Gasteiger partial charge < -0.3 is 9.47 Å². The maximum Gasteiger partial charge on any atom is 0.343 e. The van der Waals surface area contributed by atoms with Crippen LogP contribution in [0, 0.1) is 0 Å². The molecule has 0 fully saturated rings. The summed E-state index contributed by atoms with van der Waals surface area (Å²) in [6, 6.07) is 21.9. The molecule has 4 aromatic rings. The van der Waals surface area contributed by atoms with Crippen LogP contribution in [0.5, 0.6) is 11.5 Å². The monoisotopic (exact) mass is 370 g/mol. The first-order valence-corrected chi connectivity index (χ1v) is 8.89. The van der Waals surface area contributed by atoms with Crippen LogP contribution in [-0.2, 0) is 0 Å². The highest BCUT2D eigenvalue weighted by atomic mass is 16.5. The van der Waals surface area contributed by atoms with Crippen molar-refractivity contribution < 1.29 is 19.1 Å². The van der Waals surface area contributed by atoms with Crippen LogP contribution in [0.25, 0.3) is 21.5 Å². The summed E-state index contributed by atoms with van der Waals surface area (Å²) in [6.45, 7) is 1.53. The van der Waals surface area contributed by atoms with E-state index in [0.29, 0.717) is 16.9 Å². The first-order valence-electron chi connectivity index (χ1n) is 8.89. The van der Waals surface area contributed by atoms with Gasteiger partial charge in [-0.05, 0) is 48.0 Å². The van der Waals surface area contributed by atoms with Gasteiger partial charge in [-0.25, -0.2) is 4.79 Å². The molecule has 4 nitrogen and oxygen atoms in total. The second kappa shape index (κ2) is 7.16. The summed E-state index contributed by atoms with van der Waals surface area (Å²) in [5.74, 6) is 0.778. The van der Waals surface area contributed by atoms with Crippen molar-refractivity contribution in [2.45, 2.75) is 6.92 Å². The second-order valence-electron chi connectivity index (χ2n) is 6.53. The average molecular weight is 370 g/mol. The van der Waals surface area contributed by atoms with Gasteiger partial charge in [-0.1, -0.05) is 42.5 Å². The fraction of sp³-hybridized carbons (Fsp3) is 0.0833. The van der Waals surface area contributed by atoms with E-state index in [9.17, 15) is 9.59 Å². The normalized spacial score (nSPS) is 10.8. The number of carbonyl (C=O) groups excluding carboxylic acids is 2. The number of fused-ring (bicyclic) bond motifs is 2. The van der Waals surface area contributed by atoms with Gasteiger partial charge in [-0.2, -0.15) is 0 Å². The van der Waals surface area contributed by atoms with Gasteiger partial charge in [0.1, 0.15) is 11.5 Å². The summed E-state index contributed by atoms with van der Waals surface area (Å²) in [5, 5.41) is 3.46. The molecule has 28 heavy (non-hydrogen) atoms. The van der Waals surface area contributed by atoms with E-state index < -0.39 is 5.97 Å². The van der Waals surface area contributed by atoms with Gasteiger partial charge in [0.05, 0.1) is 12.7 Å². The summed E-state index contributed by atoms with van der Waals surface area (Å²) >= 11 is 0. The molecule has 0 aliphatic carbocycles. The number of methoxy groups -OCH3 is 1. The Balaban J connectivity index is 1.68. The summed E-state index contributed by atoms with van der Waals surface area (Å²) in [5.41, 5.74) is 1.09. The fourth-order valence-electron chi connectivity index (χ4n) is 3.26. The molecule has 0 N–H and O–H groups in total. The number of rotatable bonds is 4. The molecule has 0 saturated heterocycles. The summed E-state index contributed by atoms with van der Waals surface area (Å²) in [6.07, 6.45) is 0. The number of ether oxygens (including phenoxy) is 2. The van der Waals surface area contributed by atoms with E-state index in [1.807, 2.05) is 42.5 Å². The van der Waals surface area contributed by atoms with E-state index in [1.54, 1.807) is 37.4 Å². The quantitative estimate of drug-likeness (QED) is 0.273. The summed E-state index contributed by atoms with van der Waals surface area (Å²) in [4.78, 5) is 24.3. The SMILES string of the molecule is COc1ccc(OC(=O)c2ccc3cc(C(C)=O)ccc3c2)c2ccccc12. The molecular weight excluding hydrogens is 352 g/mol. The van der Waals surface area contributed by atoms with Crippen LogP contribution in [-0.4, -0.2) is 18.9 Å². The molecule has 0 radical (unpaired) electrons. The molecule has 0 heterocycles. The molecule has 0 aliphatic heterocycles. The molecule has 0 bridgehead atoms. The van der Waals surface area contributed by atoms with Gasteiger partial charge in [0.25, 0.3) is 0 Å². The van der Waals surface area contributed by atoms with Crippen molar-refractivity contribution >= 4 is 33.3 Å². The van der Waals surface area contributed by atoms with Crippen molar-refractivity contribution in [3.05, 3.63) is 83.9 Å². The van der Waals surface area contributed by atoms with Crippen LogP contribution in [0.1, 0.15) is 27.6 Å². The number of ketones is 1. The Hall–Kier alpha value is -3.66. The third-order valence-corrected chi connectivity index (χ3v) is 4.75. The Kier molecular flexibility index (Phi) is 4.53. The lowest BCUT2D eigenvalue weighted by Crippen LogP contribution is -2.08. The lowest BCUT2D eigenvalue weighted by molar-refractivity contribution is 0.0737. The molecular formula is C24H18O4. The highest BCUT2D eigenvalue weighted by molar-refractivity contribution is 6.02. The topological polar surface area (TPSA) is 52.6 Å². The minimum atomic E-state index is -0.437. The Morgan fingerprint density at radius 3 is 1.93 bits per heavy atom. The molecule has 4 aromatic carbocycles. The molecule has 0 unspecified atom stereocenters. The van der Waals surface area contributed by atoms with E-state index in [2.05, 4.69) is 0 Å². The van der Waals surface area contributed by atoms with Gasteiger partial charge in [-0.15, -0.1) is 0 Å². The maximum absolute atomic E-state index is 12.7. The number of carbonyl (C=O) groups is 2. The highest BCUT2D eigenvalue weighted by Crippen LogP contribution is 2.33. The molecule has 0 aliphatic rings. The molecule has 4 heteroatoms. The van der Waals surface area contributed by atoms with Crippen LogP contribution >= 0.6 is 0 Å². The average Bonchev–Trinajstić information content (AvgIpc) is 2.73. The summed E-state index contributed by atoms with van der Waals surface area (Å²) < 4.78 is 11.1. The lowest BCUT2D eigenvalue weighted by Gasteiger charge is -2.11. The number of esters is 1. The molecule has 0 atom stereocenters. The third-order valence-electron chi connectivity index (χ3n) is 4.75. The zero-order valence-electron chi connectivity index (χ0n) is 15.6. The van der Waals surface area contributed by atoms with E-state index >= 15 is 0 Å². The second-order valence-corrected chi connectivity index (χ2v) is 6.53. The predicted octanol–water partition coefficient (Wildman–Crippen LogP) is 5.42. The van der Waals surface area contributed by atoms with E-state index in [0.717, 1.165) is 27.3 Å². The molecule has 0 aromatic heterocycles. The van der Waals surface area contributed by atoms with Crippen molar-refractivity contribution in [2.24, 2.45) is 0 Å². The number of Topliss-reactive ketones (excluding diaryl/α,β-unsaturated/α-hetero) is 1. The van der Waals surface area contributed by atoms with Crippen LogP contribution in [0.3, 0.4) is 0 Å². The Bertz CT molecular complexity index is 1220. The first-order chi connectivity index (χ1) is 13.6. The van der Waals surface area contributed by atoms with Gasteiger partial charge >= 0.3 is 5.97 Å². The minimum absolute atomic E-state index is 0.0109. The van der Waals surface area contributed by atoms with Crippen LogP contribution in [0.2, 0.25) is 0 Å². The van der Waals surface area contributed by atoms with Gasteiger partial charge in [0.15, 0.2) is 5.78 Å². The minimum Gasteiger partial charge on any atom is -0.496 e. The van der Waals surface area contributed by atoms with Crippen molar-refractivity contribution in [3.8, 4) is 11.5 Å². The molecule has 0 saturated carbocycles. The smallest absolute Gasteiger partial charge is 0.343 e.